The molecule has 0 heterocycles. The second-order valence-electron chi connectivity index (χ2n) is 2.43. The fourth-order valence-electron chi connectivity index (χ4n) is 0.746. The van der Waals surface area contributed by atoms with Crippen LogP contribution in [0.25, 0.3) is 0 Å². The van der Waals surface area contributed by atoms with Gasteiger partial charge in [0.05, 0.1) is 5.69 Å². The maximum Gasteiger partial charge on any atom is 0.235 e. The minimum atomic E-state index is -0.756. The topological polar surface area (TPSA) is 41.1 Å². The standard InChI is InChI=1S/C8H8F2N2O/c1-5(13)11-12-8-3-2-6(9)4-7(8)10/h2-4,12H,1H3,(H,11,13). The first-order valence-corrected chi connectivity index (χ1v) is 3.57. The molecule has 13 heavy (non-hydrogen) atoms. The van der Waals surface area contributed by atoms with Gasteiger partial charge in [0, 0.05) is 13.0 Å². The molecule has 0 unspecified atom stereocenters. The lowest BCUT2D eigenvalue weighted by atomic mass is 10.3. The van der Waals surface area contributed by atoms with Crippen molar-refractivity contribution in [1.82, 2.24) is 5.43 Å². The minimum Gasteiger partial charge on any atom is -0.296 e. The van der Waals surface area contributed by atoms with E-state index >= 15 is 0 Å². The monoisotopic (exact) mass is 186 g/mol. The van der Waals surface area contributed by atoms with Crippen LogP contribution in [0.1, 0.15) is 6.92 Å². The molecule has 0 aliphatic rings. The number of halogens is 2. The number of amides is 1. The number of nitrogens with one attached hydrogen (secondary N) is 2. The van der Waals surface area contributed by atoms with Crippen LogP contribution >= 0.6 is 0 Å². The first-order chi connectivity index (χ1) is 6.09. The van der Waals surface area contributed by atoms with Crippen LogP contribution < -0.4 is 10.9 Å². The molecule has 3 nitrogen and oxygen atoms in total. The fraction of sp³-hybridized carbons (Fsp3) is 0.125. The van der Waals surface area contributed by atoms with Crippen LogP contribution in [-0.4, -0.2) is 5.91 Å². The lowest BCUT2D eigenvalue weighted by Gasteiger charge is -2.06. The summed E-state index contributed by atoms with van der Waals surface area (Å²) in [6.45, 7) is 1.27. The van der Waals surface area contributed by atoms with Gasteiger partial charge in [-0.05, 0) is 12.1 Å². The highest BCUT2D eigenvalue weighted by Crippen LogP contribution is 2.13. The normalized spacial score (nSPS) is 9.46. The summed E-state index contributed by atoms with van der Waals surface area (Å²) in [6.07, 6.45) is 0. The Morgan fingerprint density at radius 2 is 2.08 bits per heavy atom. The summed E-state index contributed by atoms with van der Waals surface area (Å²) >= 11 is 0. The van der Waals surface area contributed by atoms with Gasteiger partial charge in [-0.25, -0.2) is 8.78 Å². The van der Waals surface area contributed by atoms with E-state index in [1.807, 2.05) is 0 Å². The second kappa shape index (κ2) is 3.84. The van der Waals surface area contributed by atoms with E-state index in [0.29, 0.717) is 0 Å². The van der Waals surface area contributed by atoms with E-state index in [1.165, 1.54) is 13.0 Å². The Bertz CT molecular complexity index is 328. The molecule has 1 amide bonds. The Labute approximate surface area is 73.7 Å². The predicted molar refractivity (Wildman–Crippen MR) is 43.8 cm³/mol. The van der Waals surface area contributed by atoms with Gasteiger partial charge in [-0.2, -0.15) is 0 Å². The molecule has 1 rings (SSSR count). The number of hydrazine groups is 1. The molecule has 1 aromatic rings. The summed E-state index contributed by atoms with van der Waals surface area (Å²) < 4.78 is 25.2. The van der Waals surface area contributed by atoms with Gasteiger partial charge in [0.1, 0.15) is 5.82 Å². The first-order valence-electron chi connectivity index (χ1n) is 3.57. The molecule has 0 spiro atoms. The van der Waals surface area contributed by atoms with Crippen molar-refractivity contribution in [1.29, 1.82) is 0 Å². The van der Waals surface area contributed by atoms with Gasteiger partial charge in [0.25, 0.3) is 0 Å². The van der Waals surface area contributed by atoms with E-state index in [1.54, 1.807) is 0 Å². The number of benzene rings is 1. The van der Waals surface area contributed by atoms with E-state index in [-0.39, 0.29) is 11.6 Å². The SMILES string of the molecule is CC(=O)NNc1ccc(F)cc1F. The van der Waals surface area contributed by atoms with Gasteiger partial charge in [0.15, 0.2) is 5.82 Å². The highest BCUT2D eigenvalue weighted by molar-refractivity contribution is 5.74. The first kappa shape index (κ1) is 9.44. The minimum absolute atomic E-state index is 0.0246. The van der Waals surface area contributed by atoms with Gasteiger partial charge in [-0.1, -0.05) is 0 Å². The molecule has 1 aromatic carbocycles. The van der Waals surface area contributed by atoms with Crippen molar-refractivity contribution in [2.75, 3.05) is 5.43 Å². The summed E-state index contributed by atoms with van der Waals surface area (Å²) in [5.41, 5.74) is 4.49. The van der Waals surface area contributed by atoms with Gasteiger partial charge in [-0.15, -0.1) is 0 Å². The molecule has 2 N–H and O–H groups in total. The largest absolute Gasteiger partial charge is 0.296 e. The zero-order valence-corrected chi connectivity index (χ0v) is 6.90. The molecule has 0 atom stereocenters. The maximum absolute atomic E-state index is 12.8. The van der Waals surface area contributed by atoms with Crippen molar-refractivity contribution in [2.45, 2.75) is 6.92 Å². The zero-order chi connectivity index (χ0) is 9.84. The van der Waals surface area contributed by atoms with Crippen LogP contribution in [0.3, 0.4) is 0 Å². The van der Waals surface area contributed by atoms with E-state index in [4.69, 9.17) is 0 Å². The number of rotatable bonds is 2. The third kappa shape index (κ3) is 2.70. The van der Waals surface area contributed by atoms with E-state index in [2.05, 4.69) is 10.9 Å². The summed E-state index contributed by atoms with van der Waals surface area (Å²) in [6, 6.07) is 3.01. The van der Waals surface area contributed by atoms with Crippen molar-refractivity contribution < 1.29 is 13.6 Å². The van der Waals surface area contributed by atoms with Crippen molar-refractivity contribution in [2.24, 2.45) is 0 Å². The fourth-order valence-corrected chi connectivity index (χ4v) is 0.746. The van der Waals surface area contributed by atoms with Crippen LogP contribution in [-0.2, 0) is 4.79 Å². The van der Waals surface area contributed by atoms with Crippen LogP contribution in [0.15, 0.2) is 18.2 Å². The Balaban J connectivity index is 2.72. The van der Waals surface area contributed by atoms with Gasteiger partial charge < -0.3 is 0 Å². The summed E-state index contributed by atoms with van der Waals surface area (Å²) in [4.78, 5) is 10.4. The number of carbonyl (C=O) groups is 1. The maximum atomic E-state index is 12.8. The molecular formula is C8H8F2N2O. The third-order valence-corrected chi connectivity index (χ3v) is 1.30. The molecule has 0 aliphatic heterocycles. The molecule has 0 saturated carbocycles. The van der Waals surface area contributed by atoms with E-state index in [0.717, 1.165) is 12.1 Å². The Hall–Kier alpha value is -1.65. The Morgan fingerprint density at radius 1 is 1.38 bits per heavy atom. The summed E-state index contributed by atoms with van der Waals surface area (Å²) in [5.74, 6) is -1.77. The quantitative estimate of drug-likeness (QED) is 0.686. The average Bonchev–Trinajstić information content (AvgIpc) is 2.02. The highest BCUT2D eigenvalue weighted by atomic mass is 19.1. The van der Waals surface area contributed by atoms with Gasteiger partial charge in [0.2, 0.25) is 5.91 Å². The van der Waals surface area contributed by atoms with Crippen LogP contribution in [0.5, 0.6) is 0 Å². The number of hydrogen-bond donors (Lipinski definition) is 2. The average molecular weight is 186 g/mol. The number of anilines is 1. The van der Waals surface area contributed by atoms with Crippen LogP contribution in [0, 0.1) is 11.6 Å². The van der Waals surface area contributed by atoms with E-state index in [9.17, 15) is 13.6 Å². The van der Waals surface area contributed by atoms with Crippen molar-refractivity contribution in [3.8, 4) is 0 Å². The lowest BCUT2D eigenvalue weighted by molar-refractivity contribution is -0.118. The molecule has 0 aromatic heterocycles. The zero-order valence-electron chi connectivity index (χ0n) is 6.90. The summed E-state index contributed by atoms with van der Waals surface area (Å²) in [5, 5.41) is 0. The molecule has 0 radical (unpaired) electrons. The molecule has 0 aliphatic carbocycles. The lowest BCUT2D eigenvalue weighted by Crippen LogP contribution is -2.27. The molecule has 5 heteroatoms. The predicted octanol–water partition coefficient (Wildman–Crippen LogP) is 1.43. The Kier molecular flexibility index (Phi) is 2.79. The molecular weight excluding hydrogens is 178 g/mol. The molecule has 0 saturated heterocycles. The van der Waals surface area contributed by atoms with Crippen molar-refractivity contribution >= 4 is 11.6 Å². The van der Waals surface area contributed by atoms with Crippen molar-refractivity contribution in [3.05, 3.63) is 29.8 Å². The highest BCUT2D eigenvalue weighted by Gasteiger charge is 2.02. The molecule has 0 fully saturated rings. The van der Waals surface area contributed by atoms with Gasteiger partial charge in [-0.3, -0.25) is 15.6 Å². The number of carbonyl (C=O) groups excluding carboxylic acids is 1. The summed E-state index contributed by atoms with van der Waals surface area (Å²) in [7, 11) is 0. The second-order valence-corrected chi connectivity index (χ2v) is 2.43. The third-order valence-electron chi connectivity index (χ3n) is 1.30. The smallest absolute Gasteiger partial charge is 0.235 e. The van der Waals surface area contributed by atoms with Crippen molar-refractivity contribution in [3.63, 3.8) is 0 Å². The van der Waals surface area contributed by atoms with E-state index < -0.39 is 11.6 Å². The van der Waals surface area contributed by atoms with Crippen LogP contribution in [0.2, 0.25) is 0 Å². The van der Waals surface area contributed by atoms with Gasteiger partial charge >= 0.3 is 0 Å². The molecule has 0 bridgehead atoms. The molecule has 70 valence electrons. The number of hydrogen-bond acceptors (Lipinski definition) is 2. The van der Waals surface area contributed by atoms with Crippen LogP contribution in [0.4, 0.5) is 14.5 Å². The Morgan fingerprint density at radius 3 is 2.62 bits per heavy atom.